The Bertz CT molecular complexity index is 577. The molecule has 5 nitrogen and oxygen atoms in total. The first-order chi connectivity index (χ1) is 9.15. The summed E-state index contributed by atoms with van der Waals surface area (Å²) in [5.41, 5.74) is 5.20. The van der Waals surface area contributed by atoms with E-state index in [2.05, 4.69) is 26.0 Å². The molecule has 0 spiro atoms. The van der Waals surface area contributed by atoms with Crippen molar-refractivity contribution in [3.8, 4) is 0 Å². The molecule has 2 aromatic rings. The van der Waals surface area contributed by atoms with Crippen molar-refractivity contribution in [2.75, 3.05) is 5.32 Å². The van der Waals surface area contributed by atoms with Crippen molar-refractivity contribution in [1.82, 2.24) is 15.6 Å². The number of halogens is 1. The van der Waals surface area contributed by atoms with Crippen LogP contribution in [0.1, 0.15) is 12.6 Å². The zero-order valence-corrected chi connectivity index (χ0v) is 11.7. The summed E-state index contributed by atoms with van der Waals surface area (Å²) < 4.78 is 0. The molecule has 0 amide bonds. The van der Waals surface area contributed by atoms with Gasteiger partial charge in [0.15, 0.2) is 5.11 Å². The maximum Gasteiger partial charge on any atom is 0.191 e. The molecule has 1 heterocycles. The molecule has 19 heavy (non-hydrogen) atoms. The first kappa shape index (κ1) is 13.5. The van der Waals surface area contributed by atoms with Gasteiger partial charge in [-0.15, -0.1) is 0 Å². The van der Waals surface area contributed by atoms with Crippen molar-refractivity contribution in [3.63, 3.8) is 0 Å². The highest BCUT2D eigenvalue weighted by molar-refractivity contribution is 7.80. The van der Waals surface area contributed by atoms with E-state index in [1.54, 1.807) is 18.3 Å². The van der Waals surface area contributed by atoms with Gasteiger partial charge in [0.1, 0.15) is 0 Å². The van der Waals surface area contributed by atoms with E-state index in [-0.39, 0.29) is 0 Å². The fraction of sp³-hybridized carbons (Fsp3) is 0.0833. The fourth-order valence-corrected chi connectivity index (χ4v) is 1.63. The van der Waals surface area contributed by atoms with E-state index in [0.717, 1.165) is 17.1 Å². The van der Waals surface area contributed by atoms with Crippen LogP contribution < -0.4 is 10.7 Å². The maximum atomic E-state index is 5.80. The standard InChI is InChI=1S/C12H12ClN5S/c1-8(11-6-7-14-17-11)16-18-12(19)15-10-4-2-9(13)3-5-10/h2-7H,1H3,(H,14,17)(H2,15,18,19)/b16-8+. The Morgan fingerprint density at radius 3 is 2.68 bits per heavy atom. The summed E-state index contributed by atoms with van der Waals surface area (Å²) in [6, 6.07) is 9.07. The first-order valence-electron chi connectivity index (χ1n) is 5.52. The second-order valence-corrected chi connectivity index (χ2v) is 4.59. The zero-order valence-electron chi connectivity index (χ0n) is 10.1. The molecule has 0 aliphatic carbocycles. The fourth-order valence-electron chi connectivity index (χ4n) is 1.34. The zero-order chi connectivity index (χ0) is 13.7. The van der Waals surface area contributed by atoms with Crippen LogP contribution in [0.2, 0.25) is 5.02 Å². The number of nitrogens with one attached hydrogen (secondary N) is 3. The Morgan fingerprint density at radius 1 is 1.32 bits per heavy atom. The number of benzene rings is 1. The van der Waals surface area contributed by atoms with Crippen LogP contribution in [0.4, 0.5) is 5.69 Å². The molecule has 0 unspecified atom stereocenters. The Kier molecular flexibility index (Phi) is 4.48. The second kappa shape index (κ2) is 6.31. The van der Waals surface area contributed by atoms with Gasteiger partial charge in [0.05, 0.1) is 11.4 Å². The van der Waals surface area contributed by atoms with E-state index in [0.29, 0.717) is 10.1 Å². The molecule has 0 saturated heterocycles. The Balaban J connectivity index is 1.91. The Morgan fingerprint density at radius 2 is 2.05 bits per heavy atom. The summed E-state index contributed by atoms with van der Waals surface area (Å²) in [5.74, 6) is 0. The van der Waals surface area contributed by atoms with Crippen LogP contribution in [0.25, 0.3) is 0 Å². The number of rotatable bonds is 3. The van der Waals surface area contributed by atoms with Crippen molar-refractivity contribution in [2.24, 2.45) is 5.10 Å². The number of aromatic amines is 1. The van der Waals surface area contributed by atoms with Crippen molar-refractivity contribution >= 4 is 40.3 Å². The minimum absolute atomic E-state index is 0.404. The van der Waals surface area contributed by atoms with E-state index in [1.165, 1.54) is 0 Å². The highest BCUT2D eigenvalue weighted by atomic mass is 35.5. The number of nitrogens with zero attached hydrogens (tertiary/aromatic N) is 2. The van der Waals surface area contributed by atoms with Gasteiger partial charge in [-0.05, 0) is 49.5 Å². The molecular weight excluding hydrogens is 282 g/mol. The molecule has 0 fully saturated rings. The van der Waals surface area contributed by atoms with Gasteiger partial charge in [0, 0.05) is 16.9 Å². The first-order valence-corrected chi connectivity index (χ1v) is 6.30. The number of anilines is 1. The van der Waals surface area contributed by atoms with Gasteiger partial charge in [-0.25, -0.2) is 0 Å². The number of hydrogen-bond donors (Lipinski definition) is 3. The molecule has 7 heteroatoms. The van der Waals surface area contributed by atoms with Gasteiger partial charge in [-0.1, -0.05) is 11.6 Å². The lowest BCUT2D eigenvalue weighted by Crippen LogP contribution is -2.25. The Labute approximate surface area is 121 Å². The van der Waals surface area contributed by atoms with E-state index < -0.39 is 0 Å². The number of hydrazone groups is 1. The highest BCUT2D eigenvalue weighted by Gasteiger charge is 1.99. The molecule has 0 saturated carbocycles. The van der Waals surface area contributed by atoms with E-state index in [1.807, 2.05) is 25.1 Å². The molecule has 0 atom stereocenters. The monoisotopic (exact) mass is 293 g/mol. The van der Waals surface area contributed by atoms with Crippen molar-refractivity contribution in [1.29, 1.82) is 0 Å². The van der Waals surface area contributed by atoms with Gasteiger partial charge < -0.3 is 5.32 Å². The van der Waals surface area contributed by atoms with Gasteiger partial charge >= 0.3 is 0 Å². The highest BCUT2D eigenvalue weighted by Crippen LogP contribution is 2.13. The number of thiocarbonyl (C=S) groups is 1. The summed E-state index contributed by atoms with van der Waals surface area (Å²) in [7, 11) is 0. The third kappa shape index (κ3) is 4.04. The van der Waals surface area contributed by atoms with Crippen LogP contribution in [0, 0.1) is 0 Å². The quantitative estimate of drug-likeness (QED) is 0.462. The van der Waals surface area contributed by atoms with Crippen LogP contribution in [-0.4, -0.2) is 21.0 Å². The summed E-state index contributed by atoms with van der Waals surface area (Å²) >= 11 is 10.9. The molecule has 98 valence electrons. The summed E-state index contributed by atoms with van der Waals surface area (Å²) in [6.45, 7) is 1.85. The topological polar surface area (TPSA) is 65.1 Å². The summed E-state index contributed by atoms with van der Waals surface area (Å²) in [5, 5.41) is 14.9. The largest absolute Gasteiger partial charge is 0.331 e. The van der Waals surface area contributed by atoms with E-state index in [9.17, 15) is 0 Å². The molecule has 2 rings (SSSR count). The molecule has 0 radical (unpaired) electrons. The van der Waals surface area contributed by atoms with Crippen LogP contribution in [0.3, 0.4) is 0 Å². The predicted molar refractivity (Wildman–Crippen MR) is 81.6 cm³/mol. The molecule has 3 N–H and O–H groups in total. The predicted octanol–water partition coefficient (Wildman–Crippen LogP) is 2.77. The number of aromatic nitrogens is 2. The van der Waals surface area contributed by atoms with Gasteiger partial charge in [0.2, 0.25) is 0 Å². The van der Waals surface area contributed by atoms with Gasteiger partial charge in [0.25, 0.3) is 0 Å². The minimum Gasteiger partial charge on any atom is -0.331 e. The molecule has 1 aromatic heterocycles. The lowest BCUT2D eigenvalue weighted by molar-refractivity contribution is 1.02. The third-order valence-corrected chi connectivity index (χ3v) is 2.76. The summed E-state index contributed by atoms with van der Waals surface area (Å²) in [4.78, 5) is 0. The van der Waals surface area contributed by atoms with Gasteiger partial charge in [-0.2, -0.15) is 10.2 Å². The molecule has 0 aliphatic heterocycles. The third-order valence-electron chi connectivity index (χ3n) is 2.32. The van der Waals surface area contributed by atoms with Crippen molar-refractivity contribution < 1.29 is 0 Å². The van der Waals surface area contributed by atoms with Crippen LogP contribution in [0.5, 0.6) is 0 Å². The van der Waals surface area contributed by atoms with E-state index in [4.69, 9.17) is 23.8 Å². The van der Waals surface area contributed by atoms with E-state index >= 15 is 0 Å². The lowest BCUT2D eigenvalue weighted by Gasteiger charge is -2.07. The molecule has 1 aromatic carbocycles. The van der Waals surface area contributed by atoms with Crippen LogP contribution >= 0.6 is 23.8 Å². The van der Waals surface area contributed by atoms with Crippen molar-refractivity contribution in [2.45, 2.75) is 6.92 Å². The number of hydrogen-bond acceptors (Lipinski definition) is 3. The van der Waals surface area contributed by atoms with Crippen LogP contribution in [0.15, 0.2) is 41.6 Å². The second-order valence-electron chi connectivity index (χ2n) is 3.74. The van der Waals surface area contributed by atoms with Crippen LogP contribution in [-0.2, 0) is 0 Å². The SMILES string of the molecule is C/C(=N\NC(=S)Nc1ccc(Cl)cc1)c1ccn[nH]1. The summed E-state index contributed by atoms with van der Waals surface area (Å²) in [6.07, 6.45) is 1.67. The smallest absolute Gasteiger partial charge is 0.191 e. The minimum atomic E-state index is 0.404. The average Bonchev–Trinajstić information content (AvgIpc) is 2.93. The normalized spacial score (nSPS) is 11.2. The Hall–Kier alpha value is -1.92. The number of H-pyrrole nitrogens is 1. The van der Waals surface area contributed by atoms with Gasteiger partial charge in [-0.3, -0.25) is 10.5 Å². The molecular formula is C12H12ClN5S. The van der Waals surface area contributed by atoms with Crippen molar-refractivity contribution in [3.05, 3.63) is 47.2 Å². The maximum absolute atomic E-state index is 5.80. The lowest BCUT2D eigenvalue weighted by atomic mass is 10.3. The molecule has 0 bridgehead atoms. The average molecular weight is 294 g/mol. The molecule has 0 aliphatic rings.